The number of aliphatic hydroxyl groups is 1. The first kappa shape index (κ1) is 33.2. The highest BCUT2D eigenvalue weighted by atomic mass is 16.7. The molecule has 0 spiro atoms. The number of fused-ring (bicyclic) bond motifs is 2. The van der Waals surface area contributed by atoms with E-state index in [4.69, 9.17) is 28.8 Å². The first-order valence-corrected chi connectivity index (χ1v) is 15.7. The Labute approximate surface area is 268 Å². The number of aromatic nitrogens is 2. The number of methoxy groups -OCH3 is 1. The molecule has 5 rings (SSSR count). The van der Waals surface area contributed by atoms with E-state index in [1.807, 2.05) is 67.9 Å². The molecule has 2 aromatic carbocycles. The van der Waals surface area contributed by atoms with E-state index >= 15 is 0 Å². The molecule has 1 aliphatic heterocycles. The van der Waals surface area contributed by atoms with E-state index in [1.54, 1.807) is 11.7 Å². The zero-order chi connectivity index (χ0) is 32.5. The van der Waals surface area contributed by atoms with Crippen molar-refractivity contribution in [3.05, 3.63) is 77.8 Å². The Morgan fingerprint density at radius 3 is 2.63 bits per heavy atom. The topological polar surface area (TPSA) is 133 Å². The minimum absolute atomic E-state index is 0.0362. The molecule has 11 nitrogen and oxygen atoms in total. The molecular formula is C35H43N3O8. The molecule has 2 aromatic heterocycles. The molecule has 3 heterocycles. The predicted molar refractivity (Wildman–Crippen MR) is 174 cm³/mol. The smallest absolute Gasteiger partial charge is 0.286 e. The molecule has 246 valence electrons. The number of amides is 1. The van der Waals surface area contributed by atoms with Gasteiger partial charge in [-0.3, -0.25) is 14.2 Å². The SMILES string of the molecule is CCOC1OC(C(=O)NCCc2c[nH]c3ccc(OC)cc23)=CC(c2cn(C(C)=O)c3ccccc23)C1CCOCCOCCO. The average molecular weight is 634 g/mol. The van der Waals surface area contributed by atoms with Crippen LogP contribution in [0, 0.1) is 5.92 Å². The number of hydrogen-bond acceptors (Lipinski definition) is 8. The number of benzene rings is 2. The van der Waals surface area contributed by atoms with Gasteiger partial charge in [0, 0.05) is 67.2 Å². The number of hydrogen-bond donors (Lipinski definition) is 3. The van der Waals surface area contributed by atoms with Crippen LogP contribution in [0.4, 0.5) is 0 Å². The molecule has 4 aromatic rings. The molecule has 1 amide bonds. The van der Waals surface area contributed by atoms with Gasteiger partial charge in [-0.25, -0.2) is 0 Å². The predicted octanol–water partition coefficient (Wildman–Crippen LogP) is 4.54. The summed E-state index contributed by atoms with van der Waals surface area (Å²) in [6, 6.07) is 13.6. The van der Waals surface area contributed by atoms with Crippen LogP contribution in [0.1, 0.15) is 42.1 Å². The number of para-hydroxylation sites is 1. The third kappa shape index (κ3) is 7.61. The lowest BCUT2D eigenvalue weighted by atomic mass is 9.81. The Balaban J connectivity index is 1.38. The highest BCUT2D eigenvalue weighted by molar-refractivity contribution is 5.95. The number of nitrogens with one attached hydrogen (secondary N) is 2. The number of nitrogens with zero attached hydrogens (tertiary/aromatic N) is 1. The van der Waals surface area contributed by atoms with Crippen molar-refractivity contribution in [3.63, 3.8) is 0 Å². The van der Waals surface area contributed by atoms with Crippen LogP contribution >= 0.6 is 0 Å². The van der Waals surface area contributed by atoms with Crippen molar-refractivity contribution in [2.75, 3.05) is 53.3 Å². The van der Waals surface area contributed by atoms with Crippen molar-refractivity contribution in [2.45, 2.75) is 38.9 Å². The summed E-state index contributed by atoms with van der Waals surface area (Å²) in [6.45, 7) is 5.60. The minimum Gasteiger partial charge on any atom is -0.497 e. The van der Waals surface area contributed by atoms with Crippen LogP contribution < -0.4 is 10.1 Å². The Hall–Kier alpha value is -4.16. The number of ether oxygens (including phenoxy) is 5. The number of carbonyl (C=O) groups is 2. The molecular weight excluding hydrogens is 590 g/mol. The third-order valence-electron chi connectivity index (χ3n) is 8.24. The summed E-state index contributed by atoms with van der Waals surface area (Å²) < 4.78 is 30.5. The lowest BCUT2D eigenvalue weighted by Gasteiger charge is -2.36. The average Bonchev–Trinajstić information content (AvgIpc) is 3.66. The second-order valence-electron chi connectivity index (χ2n) is 11.1. The number of carbonyl (C=O) groups excluding carboxylic acids is 2. The van der Waals surface area contributed by atoms with Crippen molar-refractivity contribution in [1.29, 1.82) is 0 Å². The van der Waals surface area contributed by atoms with Crippen LogP contribution in [0.3, 0.4) is 0 Å². The van der Waals surface area contributed by atoms with Crippen LogP contribution in [0.15, 0.2) is 66.7 Å². The number of allylic oxidation sites excluding steroid dienone is 1. The van der Waals surface area contributed by atoms with Gasteiger partial charge in [0.05, 0.1) is 39.1 Å². The number of aliphatic hydroxyl groups excluding tert-OH is 1. The second kappa shape index (κ2) is 15.9. The van der Waals surface area contributed by atoms with Crippen molar-refractivity contribution in [3.8, 4) is 5.75 Å². The lowest BCUT2D eigenvalue weighted by molar-refractivity contribution is -0.168. The number of aromatic amines is 1. The number of H-pyrrole nitrogens is 1. The maximum atomic E-state index is 13.6. The fourth-order valence-corrected chi connectivity index (χ4v) is 6.02. The normalized spacial score (nSPS) is 18.0. The molecule has 1 aliphatic rings. The van der Waals surface area contributed by atoms with Gasteiger partial charge in [-0.15, -0.1) is 0 Å². The molecule has 0 fully saturated rings. The Morgan fingerprint density at radius 2 is 1.87 bits per heavy atom. The highest BCUT2D eigenvalue weighted by Gasteiger charge is 2.39. The van der Waals surface area contributed by atoms with Gasteiger partial charge in [0.25, 0.3) is 5.91 Å². The summed E-state index contributed by atoms with van der Waals surface area (Å²) in [4.78, 5) is 29.5. The van der Waals surface area contributed by atoms with Crippen LogP contribution in [0.25, 0.3) is 21.8 Å². The van der Waals surface area contributed by atoms with E-state index in [-0.39, 0.29) is 42.6 Å². The summed E-state index contributed by atoms with van der Waals surface area (Å²) in [6.07, 6.45) is 6.13. The van der Waals surface area contributed by atoms with Crippen molar-refractivity contribution in [2.24, 2.45) is 5.92 Å². The molecule has 3 unspecified atom stereocenters. The molecule has 0 radical (unpaired) electrons. The van der Waals surface area contributed by atoms with Gasteiger partial charge in [-0.1, -0.05) is 18.2 Å². The molecule has 3 N–H and O–H groups in total. The van der Waals surface area contributed by atoms with Gasteiger partial charge in [0.1, 0.15) is 5.75 Å². The van der Waals surface area contributed by atoms with Gasteiger partial charge in [0.15, 0.2) is 5.76 Å². The van der Waals surface area contributed by atoms with Crippen molar-refractivity contribution in [1.82, 2.24) is 14.9 Å². The van der Waals surface area contributed by atoms with E-state index in [9.17, 15) is 9.59 Å². The van der Waals surface area contributed by atoms with Gasteiger partial charge in [-0.05, 0) is 61.2 Å². The highest BCUT2D eigenvalue weighted by Crippen LogP contribution is 2.42. The zero-order valence-electron chi connectivity index (χ0n) is 26.6. The summed E-state index contributed by atoms with van der Waals surface area (Å²) >= 11 is 0. The van der Waals surface area contributed by atoms with Crippen LogP contribution in [-0.2, 0) is 30.2 Å². The summed E-state index contributed by atoms with van der Waals surface area (Å²) in [5, 5.41) is 13.9. The van der Waals surface area contributed by atoms with E-state index in [0.29, 0.717) is 45.8 Å². The molecule has 0 saturated heterocycles. The van der Waals surface area contributed by atoms with Gasteiger partial charge >= 0.3 is 0 Å². The van der Waals surface area contributed by atoms with E-state index in [1.165, 1.54) is 6.92 Å². The molecule has 0 saturated carbocycles. The monoisotopic (exact) mass is 633 g/mol. The Kier molecular flexibility index (Phi) is 11.5. The Morgan fingerprint density at radius 1 is 1.07 bits per heavy atom. The molecule has 11 heteroatoms. The standard InChI is InChI=1S/C35H43N3O8/c1-4-45-35-27(12-15-43-17-18-44-16-14-39)29(30-22-38(23(2)40)32-8-6-5-7-26(30)32)20-33(46-35)34(41)36-13-11-24-21-37-31-10-9-25(42-3)19-28(24)31/h5-10,19-22,27,29,35,37,39H,4,11-18H2,1-3H3,(H,36,41). The third-order valence-corrected chi connectivity index (χ3v) is 8.24. The molecule has 46 heavy (non-hydrogen) atoms. The molecule has 0 bridgehead atoms. The summed E-state index contributed by atoms with van der Waals surface area (Å²) in [5.74, 6) is 0.00771. The quantitative estimate of drug-likeness (QED) is 0.153. The van der Waals surface area contributed by atoms with Crippen LogP contribution in [-0.4, -0.2) is 86.1 Å². The fraction of sp³-hybridized carbons (Fsp3) is 0.429. The van der Waals surface area contributed by atoms with Crippen LogP contribution in [0.2, 0.25) is 0 Å². The largest absolute Gasteiger partial charge is 0.497 e. The van der Waals surface area contributed by atoms with Gasteiger partial charge in [0.2, 0.25) is 12.2 Å². The van der Waals surface area contributed by atoms with E-state index in [2.05, 4.69) is 10.3 Å². The van der Waals surface area contributed by atoms with E-state index < -0.39 is 6.29 Å². The maximum absolute atomic E-state index is 13.6. The maximum Gasteiger partial charge on any atom is 0.286 e. The fourth-order valence-electron chi connectivity index (χ4n) is 6.02. The van der Waals surface area contributed by atoms with Crippen molar-refractivity contribution >= 4 is 33.6 Å². The summed E-state index contributed by atoms with van der Waals surface area (Å²) in [7, 11) is 1.64. The molecule has 3 atom stereocenters. The van der Waals surface area contributed by atoms with Gasteiger partial charge < -0.3 is 39.1 Å². The number of rotatable bonds is 16. The van der Waals surface area contributed by atoms with E-state index in [0.717, 1.165) is 38.7 Å². The van der Waals surface area contributed by atoms with Crippen molar-refractivity contribution < 1.29 is 38.4 Å². The Bertz CT molecular complexity index is 1660. The molecule has 0 aliphatic carbocycles. The van der Waals surface area contributed by atoms with Gasteiger partial charge in [-0.2, -0.15) is 0 Å². The van der Waals surface area contributed by atoms with Crippen LogP contribution in [0.5, 0.6) is 5.75 Å². The lowest BCUT2D eigenvalue weighted by Crippen LogP contribution is -2.39. The minimum atomic E-state index is -0.712. The summed E-state index contributed by atoms with van der Waals surface area (Å²) in [5.41, 5.74) is 3.78. The first-order chi connectivity index (χ1) is 22.4. The zero-order valence-corrected chi connectivity index (χ0v) is 26.6. The first-order valence-electron chi connectivity index (χ1n) is 15.7. The second-order valence-corrected chi connectivity index (χ2v) is 11.1.